The van der Waals surface area contributed by atoms with Crippen molar-refractivity contribution >= 4 is 11.6 Å². The number of halogens is 4. The lowest BCUT2D eigenvalue weighted by Crippen LogP contribution is -1.99. The number of rotatable bonds is 2. The molecule has 0 unspecified atom stereocenters. The summed E-state index contributed by atoms with van der Waals surface area (Å²) in [5.41, 5.74) is 0.493. The van der Waals surface area contributed by atoms with E-state index in [9.17, 15) is 13.2 Å². The maximum Gasteiger partial charge on any atom is 0.194 e. The van der Waals surface area contributed by atoms with Gasteiger partial charge in [-0.1, -0.05) is 5.21 Å². The SMILES string of the molecule is Fc1cc(-n2cc(CCl)nn2)cc(F)c1F. The van der Waals surface area contributed by atoms with Gasteiger partial charge in [0, 0.05) is 12.1 Å². The molecule has 0 aliphatic heterocycles. The number of hydrogen-bond donors (Lipinski definition) is 0. The smallest absolute Gasteiger partial charge is 0.194 e. The minimum absolute atomic E-state index is 0.0419. The molecule has 0 fully saturated rings. The van der Waals surface area contributed by atoms with E-state index in [1.54, 1.807) is 0 Å². The maximum atomic E-state index is 12.9. The van der Waals surface area contributed by atoms with Crippen molar-refractivity contribution in [3.05, 3.63) is 41.5 Å². The van der Waals surface area contributed by atoms with Crippen molar-refractivity contribution < 1.29 is 13.2 Å². The van der Waals surface area contributed by atoms with E-state index in [1.165, 1.54) is 6.20 Å². The first-order valence-corrected chi connectivity index (χ1v) is 4.77. The van der Waals surface area contributed by atoms with Crippen LogP contribution in [-0.2, 0) is 5.88 Å². The van der Waals surface area contributed by atoms with Gasteiger partial charge in [0.25, 0.3) is 0 Å². The molecule has 1 heterocycles. The van der Waals surface area contributed by atoms with Gasteiger partial charge in [0.2, 0.25) is 0 Å². The number of benzene rings is 1. The van der Waals surface area contributed by atoms with E-state index in [-0.39, 0.29) is 11.6 Å². The van der Waals surface area contributed by atoms with Crippen molar-refractivity contribution in [1.82, 2.24) is 15.0 Å². The number of hydrogen-bond acceptors (Lipinski definition) is 2. The summed E-state index contributed by atoms with van der Waals surface area (Å²) < 4.78 is 39.6. The highest BCUT2D eigenvalue weighted by Crippen LogP contribution is 2.16. The molecule has 0 saturated heterocycles. The number of alkyl halides is 1. The quantitative estimate of drug-likeness (QED) is 0.603. The molecule has 0 spiro atoms. The maximum absolute atomic E-state index is 12.9. The molecule has 0 bridgehead atoms. The monoisotopic (exact) mass is 247 g/mol. The van der Waals surface area contributed by atoms with Crippen LogP contribution in [0.3, 0.4) is 0 Å². The van der Waals surface area contributed by atoms with Crippen LogP contribution < -0.4 is 0 Å². The van der Waals surface area contributed by atoms with Crippen molar-refractivity contribution in [2.24, 2.45) is 0 Å². The van der Waals surface area contributed by atoms with Gasteiger partial charge in [-0.25, -0.2) is 17.9 Å². The standard InChI is InChI=1S/C9H5ClF3N3/c10-3-5-4-16(15-14-5)6-1-7(11)9(13)8(12)2-6/h1-2,4H,3H2. The molecule has 0 aliphatic carbocycles. The molecule has 16 heavy (non-hydrogen) atoms. The molecular weight excluding hydrogens is 243 g/mol. The highest BCUT2D eigenvalue weighted by Gasteiger charge is 2.12. The van der Waals surface area contributed by atoms with Gasteiger partial charge < -0.3 is 0 Å². The van der Waals surface area contributed by atoms with Crippen LogP contribution in [0.2, 0.25) is 0 Å². The Balaban J connectivity index is 2.48. The molecular formula is C9H5ClF3N3. The van der Waals surface area contributed by atoms with E-state index < -0.39 is 17.5 Å². The zero-order valence-corrected chi connectivity index (χ0v) is 8.55. The molecule has 3 nitrogen and oxygen atoms in total. The van der Waals surface area contributed by atoms with E-state index in [0.29, 0.717) is 5.69 Å². The van der Waals surface area contributed by atoms with Crippen LogP contribution in [0, 0.1) is 17.5 Å². The van der Waals surface area contributed by atoms with Crippen molar-refractivity contribution in [2.45, 2.75) is 5.88 Å². The second-order valence-electron chi connectivity index (χ2n) is 3.01. The topological polar surface area (TPSA) is 30.7 Å². The lowest BCUT2D eigenvalue weighted by atomic mass is 10.3. The lowest BCUT2D eigenvalue weighted by molar-refractivity contribution is 0.446. The zero-order chi connectivity index (χ0) is 11.7. The summed E-state index contributed by atoms with van der Waals surface area (Å²) in [5.74, 6) is -3.94. The van der Waals surface area contributed by atoms with Crippen molar-refractivity contribution in [3.63, 3.8) is 0 Å². The second kappa shape index (κ2) is 4.13. The van der Waals surface area contributed by atoms with Crippen molar-refractivity contribution in [3.8, 4) is 5.69 Å². The van der Waals surface area contributed by atoms with Gasteiger partial charge in [0.1, 0.15) is 0 Å². The van der Waals surface area contributed by atoms with Gasteiger partial charge in [-0.2, -0.15) is 0 Å². The summed E-state index contributed by atoms with van der Waals surface area (Å²) in [6.45, 7) is 0. The fraction of sp³-hybridized carbons (Fsp3) is 0.111. The Labute approximate surface area is 93.4 Å². The summed E-state index contributed by atoms with van der Waals surface area (Å²) >= 11 is 5.49. The minimum atomic E-state index is -1.51. The third-order valence-electron chi connectivity index (χ3n) is 1.91. The van der Waals surface area contributed by atoms with Gasteiger partial charge in [-0.05, 0) is 0 Å². The van der Waals surface area contributed by atoms with Gasteiger partial charge >= 0.3 is 0 Å². The van der Waals surface area contributed by atoms with Gasteiger partial charge in [-0.15, -0.1) is 16.7 Å². The third-order valence-corrected chi connectivity index (χ3v) is 2.18. The summed E-state index contributed by atoms with van der Waals surface area (Å²) in [6.07, 6.45) is 1.40. The van der Waals surface area contributed by atoms with Crippen LogP contribution in [0.25, 0.3) is 5.69 Å². The van der Waals surface area contributed by atoms with E-state index in [0.717, 1.165) is 16.8 Å². The highest BCUT2D eigenvalue weighted by molar-refractivity contribution is 6.16. The van der Waals surface area contributed by atoms with E-state index in [4.69, 9.17) is 11.6 Å². The largest absolute Gasteiger partial charge is 0.220 e. The Morgan fingerprint density at radius 1 is 1.19 bits per heavy atom. The first kappa shape index (κ1) is 10.9. The second-order valence-corrected chi connectivity index (χ2v) is 3.28. The van der Waals surface area contributed by atoms with Crippen LogP contribution in [0.5, 0.6) is 0 Å². The first-order valence-electron chi connectivity index (χ1n) is 4.24. The summed E-state index contributed by atoms with van der Waals surface area (Å²) in [7, 11) is 0. The molecule has 7 heteroatoms. The third kappa shape index (κ3) is 1.88. The molecule has 0 atom stereocenters. The van der Waals surface area contributed by atoms with Gasteiger partial charge in [0.05, 0.1) is 23.5 Å². The molecule has 0 N–H and O–H groups in total. The van der Waals surface area contributed by atoms with E-state index in [2.05, 4.69) is 10.3 Å². The molecule has 1 aromatic heterocycles. The Hall–Kier alpha value is -1.56. The summed E-state index contributed by atoms with van der Waals surface area (Å²) in [5, 5.41) is 7.23. The van der Waals surface area contributed by atoms with Crippen molar-refractivity contribution in [2.75, 3.05) is 0 Å². The fourth-order valence-corrected chi connectivity index (χ4v) is 1.28. The highest BCUT2D eigenvalue weighted by atomic mass is 35.5. The van der Waals surface area contributed by atoms with Crippen LogP contribution in [0.1, 0.15) is 5.69 Å². The Morgan fingerprint density at radius 2 is 1.81 bits per heavy atom. The summed E-state index contributed by atoms with van der Waals surface area (Å²) in [6, 6.07) is 1.65. The van der Waals surface area contributed by atoms with Crippen LogP contribution >= 0.6 is 11.6 Å². The Kier molecular flexibility index (Phi) is 2.82. The molecule has 0 aliphatic rings. The molecule has 2 aromatic rings. The number of aromatic nitrogens is 3. The van der Waals surface area contributed by atoms with Crippen LogP contribution in [-0.4, -0.2) is 15.0 Å². The molecule has 2 rings (SSSR count). The predicted octanol–water partition coefficient (Wildman–Crippen LogP) is 2.42. The van der Waals surface area contributed by atoms with Gasteiger partial charge in [0.15, 0.2) is 17.5 Å². The van der Waals surface area contributed by atoms with E-state index >= 15 is 0 Å². The lowest BCUT2D eigenvalue weighted by Gasteiger charge is -2.01. The minimum Gasteiger partial charge on any atom is -0.220 e. The van der Waals surface area contributed by atoms with E-state index in [1.807, 2.05) is 0 Å². The predicted molar refractivity (Wildman–Crippen MR) is 50.8 cm³/mol. The zero-order valence-electron chi connectivity index (χ0n) is 7.79. The molecule has 0 amide bonds. The molecule has 84 valence electrons. The summed E-state index contributed by atoms with van der Waals surface area (Å²) in [4.78, 5) is 0. The normalized spacial score (nSPS) is 10.8. The number of nitrogens with zero attached hydrogens (tertiary/aromatic N) is 3. The molecule has 0 saturated carbocycles. The fourth-order valence-electron chi connectivity index (χ4n) is 1.16. The van der Waals surface area contributed by atoms with Crippen molar-refractivity contribution in [1.29, 1.82) is 0 Å². The van der Waals surface area contributed by atoms with Crippen LogP contribution in [0.15, 0.2) is 18.3 Å². The molecule has 1 aromatic carbocycles. The molecule has 0 radical (unpaired) electrons. The average molecular weight is 248 g/mol. The van der Waals surface area contributed by atoms with Crippen LogP contribution in [0.4, 0.5) is 13.2 Å². The first-order chi connectivity index (χ1) is 7.61. The van der Waals surface area contributed by atoms with Gasteiger partial charge in [-0.3, -0.25) is 0 Å². The Bertz CT molecular complexity index is 503. The Morgan fingerprint density at radius 3 is 2.31 bits per heavy atom. The average Bonchev–Trinajstić information content (AvgIpc) is 2.73.